The minimum Gasteiger partial charge on any atom is -0.491 e. The largest absolute Gasteiger partial charge is 0.491 e. The average Bonchev–Trinajstić information content (AvgIpc) is 2.58. The van der Waals surface area contributed by atoms with Gasteiger partial charge in [-0.15, -0.1) is 0 Å². The van der Waals surface area contributed by atoms with Crippen LogP contribution in [0.3, 0.4) is 0 Å². The predicted octanol–water partition coefficient (Wildman–Crippen LogP) is 0.424. The van der Waals surface area contributed by atoms with Crippen LogP contribution in [0.1, 0.15) is 26.3 Å². The van der Waals surface area contributed by atoms with Gasteiger partial charge in [0.25, 0.3) is 0 Å². The summed E-state index contributed by atoms with van der Waals surface area (Å²) in [7, 11) is 0. The molecule has 1 rings (SSSR count). The molecule has 0 aliphatic carbocycles. The highest BCUT2D eigenvalue weighted by molar-refractivity contribution is 5.77. The maximum absolute atomic E-state index is 11.4. The van der Waals surface area contributed by atoms with Crippen LogP contribution in [0.5, 0.6) is 5.75 Å². The smallest absolute Gasteiger partial charge is 0.222 e. The fraction of sp³-hybridized carbons (Fsp3) is 0.556. The van der Waals surface area contributed by atoms with Crippen molar-refractivity contribution in [3.8, 4) is 5.75 Å². The Bertz CT molecular complexity index is 532. The van der Waals surface area contributed by atoms with E-state index in [1.807, 2.05) is 26.0 Å². The van der Waals surface area contributed by atoms with E-state index in [2.05, 4.69) is 16.0 Å². The maximum atomic E-state index is 11.4. The van der Waals surface area contributed by atoms with Gasteiger partial charge in [0.15, 0.2) is 0 Å². The van der Waals surface area contributed by atoms with Crippen LogP contribution >= 0.6 is 0 Å². The molecule has 1 unspecified atom stereocenters. The van der Waals surface area contributed by atoms with Gasteiger partial charge in [0.1, 0.15) is 18.5 Å². The Kier molecular flexibility index (Phi) is 9.57. The number of nitrogens with one attached hydrogen (secondary N) is 3. The van der Waals surface area contributed by atoms with Crippen molar-refractivity contribution in [2.24, 2.45) is 5.92 Å². The lowest BCUT2D eigenvalue weighted by atomic mass is 10.2. The molecule has 0 aliphatic heterocycles. The molecule has 0 saturated carbocycles. The second-order valence-corrected chi connectivity index (χ2v) is 6.17. The van der Waals surface area contributed by atoms with Gasteiger partial charge in [-0.3, -0.25) is 9.59 Å². The zero-order valence-corrected chi connectivity index (χ0v) is 15.2. The first-order valence-corrected chi connectivity index (χ1v) is 8.51. The Labute approximate surface area is 149 Å². The molecule has 1 aromatic rings. The van der Waals surface area contributed by atoms with Crippen molar-refractivity contribution in [1.29, 1.82) is 0 Å². The number of hydrogen-bond donors (Lipinski definition) is 4. The number of amides is 2. The van der Waals surface area contributed by atoms with Crippen molar-refractivity contribution in [2.45, 2.75) is 33.4 Å². The molecule has 7 nitrogen and oxygen atoms in total. The van der Waals surface area contributed by atoms with Crippen LogP contribution in [0.2, 0.25) is 0 Å². The van der Waals surface area contributed by atoms with Crippen LogP contribution in [0, 0.1) is 5.92 Å². The Morgan fingerprint density at radius 2 is 1.80 bits per heavy atom. The summed E-state index contributed by atoms with van der Waals surface area (Å²) in [4.78, 5) is 22.2. The molecule has 140 valence electrons. The number of carbonyl (C=O) groups is 2. The molecule has 0 aliphatic rings. The molecule has 1 atom stereocenters. The monoisotopic (exact) mass is 351 g/mol. The van der Waals surface area contributed by atoms with Crippen LogP contribution in [0.25, 0.3) is 0 Å². The van der Waals surface area contributed by atoms with Gasteiger partial charge in [0.2, 0.25) is 11.8 Å². The van der Waals surface area contributed by atoms with E-state index >= 15 is 0 Å². The SMILES string of the molecule is CC(=O)NCc1ccc(OCC(O)CNCCNC(=O)C(C)C)cc1. The number of ether oxygens (including phenoxy) is 1. The van der Waals surface area contributed by atoms with Crippen molar-refractivity contribution in [1.82, 2.24) is 16.0 Å². The molecule has 0 heterocycles. The number of hydrogen-bond acceptors (Lipinski definition) is 5. The zero-order chi connectivity index (χ0) is 18.7. The Balaban J connectivity index is 2.16. The molecule has 0 saturated heterocycles. The third-order valence-corrected chi connectivity index (χ3v) is 3.41. The third kappa shape index (κ3) is 9.69. The first-order chi connectivity index (χ1) is 11.9. The van der Waals surface area contributed by atoms with Gasteiger partial charge in [-0.1, -0.05) is 26.0 Å². The zero-order valence-electron chi connectivity index (χ0n) is 15.2. The molecule has 7 heteroatoms. The van der Waals surface area contributed by atoms with Crippen LogP contribution in [0.15, 0.2) is 24.3 Å². The maximum Gasteiger partial charge on any atom is 0.222 e. The number of rotatable bonds is 11. The van der Waals surface area contributed by atoms with Gasteiger partial charge in [-0.25, -0.2) is 0 Å². The molecule has 25 heavy (non-hydrogen) atoms. The average molecular weight is 351 g/mol. The summed E-state index contributed by atoms with van der Waals surface area (Å²) in [6, 6.07) is 7.35. The van der Waals surface area contributed by atoms with Gasteiger partial charge in [0, 0.05) is 39.0 Å². The van der Waals surface area contributed by atoms with E-state index in [1.54, 1.807) is 12.1 Å². The fourth-order valence-electron chi connectivity index (χ4n) is 1.93. The van der Waals surface area contributed by atoms with Crippen LogP contribution in [-0.4, -0.2) is 49.3 Å². The number of aliphatic hydroxyl groups excluding tert-OH is 1. The van der Waals surface area contributed by atoms with Gasteiger partial charge in [-0.05, 0) is 17.7 Å². The number of carbonyl (C=O) groups excluding carboxylic acids is 2. The molecule has 4 N–H and O–H groups in total. The third-order valence-electron chi connectivity index (χ3n) is 3.41. The van der Waals surface area contributed by atoms with Crippen molar-refractivity contribution in [3.63, 3.8) is 0 Å². The Morgan fingerprint density at radius 1 is 1.12 bits per heavy atom. The normalized spacial score (nSPS) is 11.9. The van der Waals surface area contributed by atoms with E-state index in [0.29, 0.717) is 31.9 Å². The molecule has 0 bridgehead atoms. The highest BCUT2D eigenvalue weighted by Crippen LogP contribution is 2.12. The highest BCUT2D eigenvalue weighted by atomic mass is 16.5. The van der Waals surface area contributed by atoms with Crippen molar-refractivity contribution >= 4 is 11.8 Å². The van der Waals surface area contributed by atoms with Gasteiger partial charge in [-0.2, -0.15) is 0 Å². The van der Waals surface area contributed by atoms with E-state index in [9.17, 15) is 14.7 Å². The van der Waals surface area contributed by atoms with Crippen molar-refractivity contribution < 1.29 is 19.4 Å². The lowest BCUT2D eigenvalue weighted by Gasteiger charge is -2.14. The molecular formula is C18H29N3O4. The summed E-state index contributed by atoms with van der Waals surface area (Å²) in [6.07, 6.45) is -0.639. The topological polar surface area (TPSA) is 99.7 Å². The summed E-state index contributed by atoms with van der Waals surface area (Å²) in [5.74, 6) is 0.589. The lowest BCUT2D eigenvalue weighted by molar-refractivity contribution is -0.124. The van der Waals surface area contributed by atoms with E-state index in [4.69, 9.17) is 4.74 Å². The summed E-state index contributed by atoms with van der Waals surface area (Å²) >= 11 is 0. The van der Waals surface area contributed by atoms with E-state index in [1.165, 1.54) is 6.92 Å². The molecule has 0 spiro atoms. The second kappa shape index (κ2) is 11.4. The summed E-state index contributed by atoms with van der Waals surface area (Å²) in [5.41, 5.74) is 0.980. The van der Waals surface area contributed by atoms with E-state index < -0.39 is 6.10 Å². The number of aliphatic hydroxyl groups is 1. The van der Waals surface area contributed by atoms with Crippen LogP contribution < -0.4 is 20.7 Å². The quantitative estimate of drug-likeness (QED) is 0.433. The first-order valence-electron chi connectivity index (χ1n) is 8.51. The Morgan fingerprint density at radius 3 is 2.40 bits per heavy atom. The first kappa shape index (κ1) is 20.9. The molecule has 0 radical (unpaired) electrons. The fourth-order valence-corrected chi connectivity index (χ4v) is 1.93. The Hall–Kier alpha value is -2.12. The molecule has 0 fully saturated rings. The lowest BCUT2D eigenvalue weighted by Crippen LogP contribution is -2.38. The van der Waals surface area contributed by atoms with Gasteiger partial charge >= 0.3 is 0 Å². The van der Waals surface area contributed by atoms with E-state index in [-0.39, 0.29) is 24.3 Å². The van der Waals surface area contributed by atoms with Gasteiger partial charge < -0.3 is 25.8 Å². The predicted molar refractivity (Wildman–Crippen MR) is 96.2 cm³/mol. The molecule has 0 aromatic heterocycles. The summed E-state index contributed by atoms with van der Waals surface area (Å²) in [5, 5.41) is 18.5. The number of benzene rings is 1. The highest BCUT2D eigenvalue weighted by Gasteiger charge is 2.07. The minimum atomic E-state index is -0.639. The van der Waals surface area contributed by atoms with E-state index in [0.717, 1.165) is 5.56 Å². The summed E-state index contributed by atoms with van der Waals surface area (Å²) in [6.45, 7) is 7.33. The summed E-state index contributed by atoms with van der Waals surface area (Å²) < 4.78 is 5.53. The van der Waals surface area contributed by atoms with Gasteiger partial charge in [0.05, 0.1) is 0 Å². The molecule has 2 amide bonds. The van der Waals surface area contributed by atoms with Crippen LogP contribution in [0.4, 0.5) is 0 Å². The van der Waals surface area contributed by atoms with Crippen LogP contribution in [-0.2, 0) is 16.1 Å². The van der Waals surface area contributed by atoms with Crippen molar-refractivity contribution in [2.75, 3.05) is 26.2 Å². The molecule has 1 aromatic carbocycles. The second-order valence-electron chi connectivity index (χ2n) is 6.17. The minimum absolute atomic E-state index is 0.0210. The van der Waals surface area contributed by atoms with Crippen molar-refractivity contribution in [3.05, 3.63) is 29.8 Å². The standard InChI is InChI=1S/C18H29N3O4/c1-13(2)18(24)20-9-8-19-11-16(23)12-25-17-6-4-15(5-7-17)10-21-14(3)22/h4-7,13,16,19,23H,8-12H2,1-3H3,(H,20,24)(H,21,22). The molecular weight excluding hydrogens is 322 g/mol.